The molecule has 1 N–H and O–H groups in total. The Kier molecular flexibility index (Phi) is 7.24. The van der Waals surface area contributed by atoms with Crippen LogP contribution in [-0.2, 0) is 4.74 Å². The van der Waals surface area contributed by atoms with Crippen molar-refractivity contribution in [3.63, 3.8) is 0 Å². The van der Waals surface area contributed by atoms with E-state index in [1.165, 1.54) is 5.56 Å². The van der Waals surface area contributed by atoms with Gasteiger partial charge < -0.3 is 10.1 Å². The Morgan fingerprint density at radius 2 is 2.12 bits per heavy atom. The molecule has 0 amide bonds. The molecule has 0 aliphatic rings. The van der Waals surface area contributed by atoms with E-state index in [2.05, 4.69) is 29.4 Å². The average Bonchev–Trinajstić information content (AvgIpc) is 2.26. The van der Waals surface area contributed by atoms with Crippen LogP contribution in [0.3, 0.4) is 0 Å². The molecular formula is C13H22N2OS. The van der Waals surface area contributed by atoms with Crippen molar-refractivity contribution < 1.29 is 4.74 Å². The molecule has 0 aliphatic carbocycles. The maximum absolute atomic E-state index is 5.25. The van der Waals surface area contributed by atoms with Crippen molar-refractivity contribution in [2.75, 3.05) is 32.1 Å². The van der Waals surface area contributed by atoms with Crippen LogP contribution < -0.4 is 5.32 Å². The molecule has 1 aromatic heterocycles. The fraction of sp³-hybridized carbons (Fsp3) is 0.615. The fourth-order valence-corrected chi connectivity index (χ4v) is 2.45. The molecule has 0 saturated heterocycles. The van der Waals surface area contributed by atoms with Crippen molar-refractivity contribution in [1.29, 1.82) is 0 Å². The van der Waals surface area contributed by atoms with Gasteiger partial charge in [-0.2, -0.15) is 0 Å². The topological polar surface area (TPSA) is 34.1 Å². The summed E-state index contributed by atoms with van der Waals surface area (Å²) >= 11 is 1.80. The molecule has 96 valence electrons. The van der Waals surface area contributed by atoms with E-state index in [-0.39, 0.29) is 0 Å². The Hall–Kier alpha value is -0.580. The van der Waals surface area contributed by atoms with Crippen molar-refractivity contribution in [3.05, 3.63) is 23.4 Å². The second-order valence-electron chi connectivity index (χ2n) is 3.92. The number of ether oxygens (including phenoxy) is 1. The Balaban J connectivity index is 2.13. The van der Waals surface area contributed by atoms with Gasteiger partial charge in [0.2, 0.25) is 0 Å². The number of thioether (sulfide) groups is 1. The van der Waals surface area contributed by atoms with Crippen molar-refractivity contribution in [2.45, 2.75) is 25.8 Å². The Bertz CT molecular complexity index is 311. The van der Waals surface area contributed by atoms with E-state index in [9.17, 15) is 0 Å². The molecule has 17 heavy (non-hydrogen) atoms. The number of pyridine rings is 1. The smallest absolute Gasteiger partial charge is 0.0966 e. The van der Waals surface area contributed by atoms with Gasteiger partial charge >= 0.3 is 0 Å². The van der Waals surface area contributed by atoms with Crippen LogP contribution in [0.2, 0.25) is 0 Å². The minimum Gasteiger partial charge on any atom is -0.380 e. The highest BCUT2D eigenvalue weighted by molar-refractivity contribution is 7.99. The summed E-state index contributed by atoms with van der Waals surface area (Å²) in [5.41, 5.74) is 2.38. The molecule has 4 heteroatoms. The summed E-state index contributed by atoms with van der Waals surface area (Å²) in [5.74, 6) is 1.04. The van der Waals surface area contributed by atoms with E-state index in [1.807, 2.05) is 13.8 Å². The van der Waals surface area contributed by atoms with Crippen LogP contribution in [-0.4, -0.2) is 37.0 Å². The molecule has 3 nitrogen and oxygen atoms in total. The summed E-state index contributed by atoms with van der Waals surface area (Å²) in [5, 5.41) is 4.47. The summed E-state index contributed by atoms with van der Waals surface area (Å²) in [6.45, 7) is 9.67. The quantitative estimate of drug-likeness (QED) is 0.571. The third kappa shape index (κ3) is 6.66. The highest BCUT2D eigenvalue weighted by Crippen LogP contribution is 2.16. The Morgan fingerprint density at radius 1 is 1.29 bits per heavy atom. The van der Waals surface area contributed by atoms with Gasteiger partial charge in [0.25, 0.3) is 0 Å². The van der Waals surface area contributed by atoms with Gasteiger partial charge in [0.15, 0.2) is 0 Å². The van der Waals surface area contributed by atoms with E-state index >= 15 is 0 Å². The second-order valence-corrected chi connectivity index (χ2v) is 5.03. The van der Waals surface area contributed by atoms with Gasteiger partial charge in [0.05, 0.1) is 11.6 Å². The van der Waals surface area contributed by atoms with Crippen molar-refractivity contribution in [1.82, 2.24) is 10.3 Å². The Morgan fingerprint density at radius 3 is 2.82 bits per heavy atom. The minimum absolute atomic E-state index is 0.795. The Labute approximate surface area is 108 Å². The number of nitrogens with one attached hydrogen (secondary N) is 1. The summed E-state index contributed by atoms with van der Waals surface area (Å²) in [6, 6.07) is 4.24. The van der Waals surface area contributed by atoms with E-state index in [1.54, 1.807) is 11.8 Å². The zero-order valence-corrected chi connectivity index (χ0v) is 11.8. The predicted octanol–water partition coefficient (Wildman–Crippen LogP) is 2.42. The standard InChI is InChI=1S/C13H22N2OS/c1-4-16-7-5-14-6-8-17-13-10-11(2)9-12(3)15-13/h9-10,14H,4-8H2,1-3H3. The minimum atomic E-state index is 0.795. The van der Waals surface area contributed by atoms with Crippen LogP contribution in [0.4, 0.5) is 0 Å². The molecule has 1 heterocycles. The third-order valence-corrected chi connectivity index (χ3v) is 3.14. The van der Waals surface area contributed by atoms with Gasteiger partial charge in [0, 0.05) is 31.1 Å². The van der Waals surface area contributed by atoms with Gasteiger partial charge in [0.1, 0.15) is 0 Å². The van der Waals surface area contributed by atoms with E-state index < -0.39 is 0 Å². The first-order valence-corrected chi connectivity index (χ1v) is 7.07. The van der Waals surface area contributed by atoms with Crippen molar-refractivity contribution in [2.24, 2.45) is 0 Å². The number of aromatic nitrogens is 1. The van der Waals surface area contributed by atoms with Crippen molar-refractivity contribution >= 4 is 11.8 Å². The lowest BCUT2D eigenvalue weighted by molar-refractivity contribution is 0.150. The number of rotatable bonds is 8. The molecular weight excluding hydrogens is 232 g/mol. The zero-order valence-electron chi connectivity index (χ0n) is 11.0. The van der Waals surface area contributed by atoms with Crippen LogP contribution >= 0.6 is 11.8 Å². The molecule has 0 spiro atoms. The van der Waals surface area contributed by atoms with Gasteiger partial charge in [-0.3, -0.25) is 0 Å². The van der Waals surface area contributed by atoms with E-state index in [0.29, 0.717) is 0 Å². The average molecular weight is 254 g/mol. The van der Waals surface area contributed by atoms with E-state index in [0.717, 1.165) is 42.8 Å². The molecule has 0 bridgehead atoms. The first-order chi connectivity index (χ1) is 8.22. The fourth-order valence-electron chi connectivity index (χ4n) is 1.52. The number of aryl methyl sites for hydroxylation is 2. The maximum atomic E-state index is 5.25. The van der Waals surface area contributed by atoms with E-state index in [4.69, 9.17) is 4.74 Å². The van der Waals surface area contributed by atoms with Gasteiger partial charge in [-0.25, -0.2) is 4.98 Å². The van der Waals surface area contributed by atoms with Gasteiger partial charge in [-0.05, 0) is 38.5 Å². The molecule has 0 radical (unpaired) electrons. The second kappa shape index (κ2) is 8.50. The van der Waals surface area contributed by atoms with Crippen molar-refractivity contribution in [3.8, 4) is 0 Å². The normalized spacial score (nSPS) is 10.8. The molecule has 0 aromatic carbocycles. The van der Waals surface area contributed by atoms with Gasteiger partial charge in [-0.15, -0.1) is 11.8 Å². The predicted molar refractivity (Wildman–Crippen MR) is 73.8 cm³/mol. The molecule has 1 rings (SSSR count). The number of hydrogen-bond acceptors (Lipinski definition) is 4. The summed E-state index contributed by atoms with van der Waals surface area (Å²) in [4.78, 5) is 4.49. The van der Waals surface area contributed by atoms with Crippen LogP contribution in [0, 0.1) is 13.8 Å². The number of nitrogens with zero attached hydrogens (tertiary/aromatic N) is 1. The molecule has 1 aromatic rings. The lowest BCUT2D eigenvalue weighted by Gasteiger charge is -2.05. The highest BCUT2D eigenvalue weighted by Gasteiger charge is 1.98. The lowest BCUT2D eigenvalue weighted by atomic mass is 10.3. The summed E-state index contributed by atoms with van der Waals surface area (Å²) < 4.78 is 5.25. The summed E-state index contributed by atoms with van der Waals surface area (Å²) in [6.07, 6.45) is 0. The molecule has 0 unspecified atom stereocenters. The third-order valence-electron chi connectivity index (χ3n) is 2.23. The monoisotopic (exact) mass is 254 g/mol. The molecule has 0 aliphatic heterocycles. The van der Waals surface area contributed by atoms with Crippen LogP contribution in [0.15, 0.2) is 17.2 Å². The largest absolute Gasteiger partial charge is 0.380 e. The van der Waals surface area contributed by atoms with Crippen LogP contribution in [0.25, 0.3) is 0 Å². The zero-order chi connectivity index (χ0) is 12.5. The molecule has 0 saturated carbocycles. The maximum Gasteiger partial charge on any atom is 0.0966 e. The summed E-state index contributed by atoms with van der Waals surface area (Å²) in [7, 11) is 0. The first kappa shape index (κ1) is 14.5. The van der Waals surface area contributed by atoms with Crippen LogP contribution in [0.5, 0.6) is 0 Å². The highest BCUT2D eigenvalue weighted by atomic mass is 32.2. The lowest BCUT2D eigenvalue weighted by Crippen LogP contribution is -2.22. The van der Waals surface area contributed by atoms with Crippen LogP contribution in [0.1, 0.15) is 18.2 Å². The number of hydrogen-bond donors (Lipinski definition) is 1. The molecule has 0 fully saturated rings. The van der Waals surface area contributed by atoms with Gasteiger partial charge in [-0.1, -0.05) is 0 Å². The first-order valence-electron chi connectivity index (χ1n) is 6.09. The molecule has 0 atom stereocenters. The SMILES string of the molecule is CCOCCNCCSc1cc(C)cc(C)n1.